The first-order valence-corrected chi connectivity index (χ1v) is 6.47. The van der Waals surface area contributed by atoms with Crippen LogP contribution in [0.15, 0.2) is 24.5 Å². The average Bonchev–Trinajstić information content (AvgIpc) is 2.69. The highest BCUT2D eigenvalue weighted by Crippen LogP contribution is 2.34. The van der Waals surface area contributed by atoms with Gasteiger partial charge in [0.15, 0.2) is 11.5 Å². The van der Waals surface area contributed by atoms with Gasteiger partial charge in [0.1, 0.15) is 0 Å². The van der Waals surface area contributed by atoms with E-state index in [9.17, 15) is 10.1 Å². The summed E-state index contributed by atoms with van der Waals surface area (Å²) in [6.07, 6.45) is 2.22. The van der Waals surface area contributed by atoms with Gasteiger partial charge < -0.3 is 24.9 Å². The van der Waals surface area contributed by atoms with E-state index in [0.717, 1.165) is 6.42 Å². The third kappa shape index (κ3) is 2.60. The minimum Gasteiger partial charge on any atom is -0.490 e. The van der Waals surface area contributed by atoms with Gasteiger partial charge in [-0.3, -0.25) is 4.57 Å². The summed E-state index contributed by atoms with van der Waals surface area (Å²) in [6.45, 7) is 1.20. The summed E-state index contributed by atoms with van der Waals surface area (Å²) >= 11 is 0. The third-order valence-corrected chi connectivity index (χ3v) is 3.10. The molecule has 0 spiro atoms. The zero-order valence-electron chi connectivity index (χ0n) is 11.4. The zero-order valence-corrected chi connectivity index (χ0v) is 11.4. The van der Waals surface area contributed by atoms with Crippen molar-refractivity contribution in [3.05, 3.63) is 34.6 Å². The maximum absolute atomic E-state index is 10.9. The Bertz CT molecular complexity index is 683. The van der Waals surface area contributed by atoms with E-state index in [1.807, 2.05) is 0 Å². The van der Waals surface area contributed by atoms with Gasteiger partial charge in [-0.15, -0.1) is 0 Å². The number of nitro groups is 1. The number of rotatable bonds is 3. The van der Waals surface area contributed by atoms with E-state index in [2.05, 4.69) is 10.3 Å². The van der Waals surface area contributed by atoms with E-state index in [4.69, 9.17) is 9.47 Å². The second-order valence-corrected chi connectivity index (χ2v) is 4.62. The van der Waals surface area contributed by atoms with Gasteiger partial charge in [0.05, 0.1) is 13.2 Å². The fourth-order valence-electron chi connectivity index (χ4n) is 2.07. The van der Waals surface area contributed by atoms with Crippen LogP contribution in [0.5, 0.6) is 11.5 Å². The number of hydrogen-bond donors (Lipinski definition) is 1. The Hall–Kier alpha value is -2.77. The number of nitrogens with zero attached hydrogens (tertiary/aromatic N) is 3. The molecule has 21 heavy (non-hydrogen) atoms. The molecule has 1 aliphatic rings. The molecule has 8 heteroatoms. The predicted molar refractivity (Wildman–Crippen MR) is 75.2 cm³/mol. The SMILES string of the molecule is Cn1cnc([N+](=O)[O-])c1Nc1ccc2c(c1)OCCCO2. The highest BCUT2D eigenvalue weighted by atomic mass is 16.6. The lowest BCUT2D eigenvalue weighted by molar-refractivity contribution is -0.388. The van der Waals surface area contributed by atoms with Crippen LogP contribution in [-0.2, 0) is 7.05 Å². The monoisotopic (exact) mass is 290 g/mol. The maximum Gasteiger partial charge on any atom is 0.406 e. The molecule has 1 aliphatic heterocycles. The Kier molecular flexibility index (Phi) is 3.35. The molecule has 8 nitrogen and oxygen atoms in total. The van der Waals surface area contributed by atoms with E-state index in [1.54, 1.807) is 29.8 Å². The van der Waals surface area contributed by atoms with Gasteiger partial charge in [-0.2, -0.15) is 0 Å². The summed E-state index contributed by atoms with van der Waals surface area (Å²) in [6, 6.07) is 5.33. The molecule has 2 heterocycles. The lowest BCUT2D eigenvalue weighted by atomic mass is 10.2. The molecule has 2 aromatic rings. The summed E-state index contributed by atoms with van der Waals surface area (Å²) < 4.78 is 12.7. The van der Waals surface area contributed by atoms with E-state index in [-0.39, 0.29) is 5.82 Å². The van der Waals surface area contributed by atoms with Crippen LogP contribution in [0.4, 0.5) is 17.3 Å². The molecule has 0 radical (unpaired) electrons. The van der Waals surface area contributed by atoms with Crippen LogP contribution in [0, 0.1) is 10.1 Å². The molecule has 1 N–H and O–H groups in total. The van der Waals surface area contributed by atoms with Crippen LogP contribution < -0.4 is 14.8 Å². The molecule has 0 unspecified atom stereocenters. The van der Waals surface area contributed by atoms with E-state index >= 15 is 0 Å². The number of nitrogens with one attached hydrogen (secondary N) is 1. The van der Waals surface area contributed by atoms with E-state index in [1.165, 1.54) is 6.33 Å². The molecule has 0 aliphatic carbocycles. The first-order chi connectivity index (χ1) is 10.1. The van der Waals surface area contributed by atoms with Crippen LogP contribution in [0.3, 0.4) is 0 Å². The molecule has 110 valence electrons. The highest BCUT2D eigenvalue weighted by molar-refractivity contribution is 5.66. The van der Waals surface area contributed by atoms with Gasteiger partial charge in [-0.1, -0.05) is 0 Å². The van der Waals surface area contributed by atoms with Crippen LogP contribution in [0.1, 0.15) is 6.42 Å². The molecule has 0 fully saturated rings. The number of benzene rings is 1. The lowest BCUT2D eigenvalue weighted by Gasteiger charge is -2.11. The highest BCUT2D eigenvalue weighted by Gasteiger charge is 2.20. The Balaban J connectivity index is 1.90. The van der Waals surface area contributed by atoms with Crippen LogP contribution in [-0.4, -0.2) is 27.7 Å². The summed E-state index contributed by atoms with van der Waals surface area (Å²) in [4.78, 5) is 14.2. The lowest BCUT2D eigenvalue weighted by Crippen LogP contribution is -2.01. The summed E-state index contributed by atoms with van der Waals surface area (Å²) in [5.41, 5.74) is 0.672. The molecule has 0 bridgehead atoms. The standard InChI is InChI=1S/C13H14N4O4/c1-16-8-14-12(17(18)19)13(16)15-9-3-4-10-11(7-9)21-6-2-5-20-10/h3-4,7-8,15H,2,5-6H2,1H3. The van der Waals surface area contributed by atoms with Gasteiger partial charge in [-0.05, 0) is 22.0 Å². The molecule has 1 aromatic heterocycles. The van der Waals surface area contributed by atoms with Crippen molar-refractivity contribution in [1.82, 2.24) is 9.55 Å². The fraction of sp³-hybridized carbons (Fsp3) is 0.308. The predicted octanol–water partition coefficient (Wildman–Crippen LogP) is 2.23. The smallest absolute Gasteiger partial charge is 0.406 e. The van der Waals surface area contributed by atoms with Crippen molar-refractivity contribution in [2.75, 3.05) is 18.5 Å². The summed E-state index contributed by atoms with van der Waals surface area (Å²) in [5.74, 6) is 1.40. The molecule has 0 atom stereocenters. The van der Waals surface area contributed by atoms with Crippen LogP contribution in [0.25, 0.3) is 0 Å². The van der Waals surface area contributed by atoms with Crippen molar-refractivity contribution in [1.29, 1.82) is 0 Å². The topological polar surface area (TPSA) is 91.5 Å². The molecule has 1 aromatic carbocycles. The maximum atomic E-state index is 10.9. The van der Waals surface area contributed by atoms with Crippen LogP contribution in [0.2, 0.25) is 0 Å². The second kappa shape index (κ2) is 5.31. The van der Waals surface area contributed by atoms with Gasteiger partial charge in [0, 0.05) is 25.2 Å². The number of imidazole rings is 1. The van der Waals surface area contributed by atoms with Crippen molar-refractivity contribution in [2.24, 2.45) is 7.05 Å². The van der Waals surface area contributed by atoms with Gasteiger partial charge in [0.2, 0.25) is 12.1 Å². The van der Waals surface area contributed by atoms with Crippen LogP contribution >= 0.6 is 0 Å². The fourth-order valence-corrected chi connectivity index (χ4v) is 2.07. The minimum atomic E-state index is -0.522. The number of fused-ring (bicyclic) bond motifs is 1. The van der Waals surface area contributed by atoms with Gasteiger partial charge in [0.25, 0.3) is 0 Å². The first kappa shape index (κ1) is 13.2. The largest absolute Gasteiger partial charge is 0.490 e. The normalized spacial score (nSPS) is 13.6. The summed E-state index contributed by atoms with van der Waals surface area (Å²) in [7, 11) is 1.69. The number of ether oxygens (including phenoxy) is 2. The van der Waals surface area contributed by atoms with Crippen molar-refractivity contribution in [2.45, 2.75) is 6.42 Å². The van der Waals surface area contributed by atoms with E-state index < -0.39 is 4.92 Å². The van der Waals surface area contributed by atoms with Gasteiger partial charge in [-0.25, -0.2) is 0 Å². The average molecular weight is 290 g/mol. The quantitative estimate of drug-likeness (QED) is 0.688. The number of aromatic nitrogens is 2. The zero-order chi connectivity index (χ0) is 14.8. The van der Waals surface area contributed by atoms with Crippen molar-refractivity contribution in [3.8, 4) is 11.5 Å². The molecule has 0 saturated heterocycles. The Labute approximate surface area is 120 Å². The van der Waals surface area contributed by atoms with Crippen molar-refractivity contribution < 1.29 is 14.4 Å². The second-order valence-electron chi connectivity index (χ2n) is 4.62. The number of anilines is 2. The molecule has 0 saturated carbocycles. The van der Waals surface area contributed by atoms with E-state index in [0.29, 0.717) is 36.2 Å². The molecule has 0 amide bonds. The minimum absolute atomic E-state index is 0.218. The summed E-state index contributed by atoms with van der Waals surface area (Å²) in [5, 5.41) is 13.9. The molecule has 3 rings (SSSR count). The Morgan fingerprint density at radius 1 is 1.33 bits per heavy atom. The van der Waals surface area contributed by atoms with Gasteiger partial charge >= 0.3 is 5.82 Å². The third-order valence-electron chi connectivity index (χ3n) is 3.10. The first-order valence-electron chi connectivity index (χ1n) is 6.47. The Morgan fingerprint density at radius 2 is 2.10 bits per heavy atom. The number of aryl methyl sites for hydroxylation is 1. The number of hydrogen-bond acceptors (Lipinski definition) is 6. The molecular weight excluding hydrogens is 276 g/mol. The Morgan fingerprint density at radius 3 is 2.86 bits per heavy atom. The van der Waals surface area contributed by atoms with Crippen molar-refractivity contribution in [3.63, 3.8) is 0 Å². The molecular formula is C13H14N4O4. The van der Waals surface area contributed by atoms with Crippen molar-refractivity contribution >= 4 is 17.3 Å².